The molecule has 0 heterocycles. The second-order valence-corrected chi connectivity index (χ2v) is 9.09. The molecular weight excluding hydrogens is 416 g/mol. The predicted molar refractivity (Wildman–Crippen MR) is 132 cm³/mol. The van der Waals surface area contributed by atoms with Crippen molar-refractivity contribution in [1.29, 1.82) is 0 Å². The van der Waals surface area contributed by atoms with Gasteiger partial charge in [0.15, 0.2) is 0 Å². The molecule has 2 unspecified atom stereocenters. The third-order valence-electron chi connectivity index (χ3n) is 5.93. The van der Waals surface area contributed by atoms with Crippen LogP contribution in [0.25, 0.3) is 0 Å². The smallest absolute Gasteiger partial charge is 0.255 e. The molecule has 0 bridgehead atoms. The van der Waals surface area contributed by atoms with Crippen LogP contribution in [0, 0.1) is 17.3 Å². The molecule has 1 fully saturated rings. The highest BCUT2D eigenvalue weighted by molar-refractivity contribution is 6.06. The van der Waals surface area contributed by atoms with Crippen LogP contribution in [0.1, 0.15) is 51.9 Å². The number of amides is 2. The summed E-state index contributed by atoms with van der Waals surface area (Å²) in [5.74, 6) is 0.738. The summed E-state index contributed by atoms with van der Waals surface area (Å²) in [4.78, 5) is 25.9. The Morgan fingerprint density at radius 3 is 2.00 bits per heavy atom. The highest BCUT2D eigenvalue weighted by atomic mass is 16.5. The number of carbonyl (C=O) groups excluding carboxylic acids is 2. The van der Waals surface area contributed by atoms with E-state index in [-0.39, 0.29) is 29.1 Å². The van der Waals surface area contributed by atoms with Crippen molar-refractivity contribution in [2.24, 2.45) is 17.3 Å². The average molecular weight is 451 g/mol. The van der Waals surface area contributed by atoms with Gasteiger partial charge in [0.05, 0.1) is 30.5 Å². The summed E-state index contributed by atoms with van der Waals surface area (Å²) in [5.41, 5.74) is 2.66. The molecule has 3 rings (SSSR count). The van der Waals surface area contributed by atoms with Gasteiger partial charge in [-0.1, -0.05) is 43.7 Å². The Labute approximate surface area is 196 Å². The predicted octanol–water partition coefficient (Wildman–Crippen LogP) is 5.91. The fourth-order valence-corrected chi connectivity index (χ4v) is 4.15. The minimum atomic E-state index is -0.250. The summed E-state index contributed by atoms with van der Waals surface area (Å²) in [5, 5.41) is 5.94. The summed E-state index contributed by atoms with van der Waals surface area (Å²) in [6.45, 7) is 12.9. The van der Waals surface area contributed by atoms with E-state index >= 15 is 0 Å². The van der Waals surface area contributed by atoms with Crippen molar-refractivity contribution in [2.75, 3.05) is 23.8 Å². The fraction of sp³-hybridized carbons (Fsp3) is 0.407. The highest BCUT2D eigenvalue weighted by Gasteiger charge is 2.60. The van der Waals surface area contributed by atoms with Gasteiger partial charge < -0.3 is 20.1 Å². The Kier molecular flexibility index (Phi) is 7.46. The van der Waals surface area contributed by atoms with Crippen LogP contribution in [0.4, 0.5) is 11.4 Å². The van der Waals surface area contributed by atoms with Crippen molar-refractivity contribution in [3.63, 3.8) is 0 Å². The van der Waals surface area contributed by atoms with Gasteiger partial charge in [0, 0.05) is 17.7 Å². The molecular formula is C27H34N2O4. The third-order valence-corrected chi connectivity index (χ3v) is 5.93. The second kappa shape index (κ2) is 10.1. The molecule has 33 heavy (non-hydrogen) atoms. The van der Waals surface area contributed by atoms with E-state index in [1.54, 1.807) is 24.3 Å². The Morgan fingerprint density at radius 1 is 0.939 bits per heavy atom. The lowest BCUT2D eigenvalue weighted by molar-refractivity contribution is -0.118. The van der Waals surface area contributed by atoms with Gasteiger partial charge >= 0.3 is 0 Å². The van der Waals surface area contributed by atoms with E-state index in [1.807, 2.05) is 45.9 Å². The minimum Gasteiger partial charge on any atom is -0.492 e. The summed E-state index contributed by atoms with van der Waals surface area (Å²) in [6, 6.07) is 12.4. The van der Waals surface area contributed by atoms with Gasteiger partial charge in [0.2, 0.25) is 5.91 Å². The molecule has 1 aliphatic carbocycles. The van der Waals surface area contributed by atoms with Crippen molar-refractivity contribution in [3.8, 4) is 11.5 Å². The number of hydrogen-bond acceptors (Lipinski definition) is 4. The van der Waals surface area contributed by atoms with Gasteiger partial charge in [0.25, 0.3) is 5.91 Å². The van der Waals surface area contributed by atoms with E-state index in [9.17, 15) is 9.59 Å². The van der Waals surface area contributed by atoms with Gasteiger partial charge in [-0.05, 0) is 51.2 Å². The van der Waals surface area contributed by atoms with E-state index in [4.69, 9.17) is 9.47 Å². The van der Waals surface area contributed by atoms with Crippen molar-refractivity contribution < 1.29 is 19.1 Å². The quantitative estimate of drug-likeness (QED) is 0.466. The van der Waals surface area contributed by atoms with Crippen molar-refractivity contribution in [2.45, 2.75) is 41.5 Å². The van der Waals surface area contributed by atoms with Crippen LogP contribution in [0.15, 0.2) is 54.1 Å². The molecule has 1 aliphatic rings. The SMILES string of the molecule is CCOc1cc(NC(=O)C2C(C=C(C)C)C2(C)C)c(OCC)cc1NC(=O)c1ccccc1. The normalized spacial score (nSPS) is 18.1. The number of ether oxygens (including phenoxy) is 2. The first-order chi connectivity index (χ1) is 15.7. The maximum atomic E-state index is 13.1. The molecule has 176 valence electrons. The molecule has 0 radical (unpaired) electrons. The van der Waals surface area contributed by atoms with Crippen LogP contribution in [0.5, 0.6) is 11.5 Å². The zero-order valence-corrected chi connectivity index (χ0v) is 20.3. The molecule has 6 heteroatoms. The molecule has 2 aromatic rings. The first kappa shape index (κ1) is 24.4. The van der Waals surface area contributed by atoms with E-state index < -0.39 is 0 Å². The van der Waals surface area contributed by atoms with Crippen LogP contribution >= 0.6 is 0 Å². The van der Waals surface area contributed by atoms with Gasteiger partial charge in [-0.25, -0.2) is 0 Å². The van der Waals surface area contributed by atoms with E-state index in [0.29, 0.717) is 41.7 Å². The lowest BCUT2D eigenvalue weighted by atomic mass is 10.1. The Morgan fingerprint density at radius 2 is 1.48 bits per heavy atom. The van der Waals surface area contributed by atoms with Crippen LogP contribution in [-0.4, -0.2) is 25.0 Å². The molecule has 0 aliphatic heterocycles. The number of nitrogens with one attached hydrogen (secondary N) is 2. The molecule has 0 spiro atoms. The molecule has 6 nitrogen and oxygen atoms in total. The lowest BCUT2D eigenvalue weighted by Gasteiger charge is -2.18. The number of rotatable bonds is 9. The topological polar surface area (TPSA) is 76.7 Å². The van der Waals surface area contributed by atoms with Crippen molar-refractivity contribution in [1.82, 2.24) is 0 Å². The molecule has 2 amide bonds. The zero-order chi connectivity index (χ0) is 24.2. The zero-order valence-electron chi connectivity index (χ0n) is 20.3. The average Bonchev–Trinajstić information content (AvgIpc) is 3.30. The summed E-state index contributed by atoms with van der Waals surface area (Å²) in [6.07, 6.45) is 2.17. The third kappa shape index (κ3) is 5.56. The largest absolute Gasteiger partial charge is 0.492 e. The van der Waals surface area contributed by atoms with E-state index in [2.05, 4.69) is 30.6 Å². The standard InChI is InChI=1S/C27H34N2O4/c1-7-32-22-16-21(29-26(31)24-19(14-17(3)4)27(24,5)6)23(33-8-2)15-20(22)28-25(30)18-12-10-9-11-13-18/h9-16,19,24H,7-8H2,1-6H3,(H,28,30)(H,29,31). The first-order valence-corrected chi connectivity index (χ1v) is 11.4. The maximum absolute atomic E-state index is 13.1. The number of hydrogen-bond donors (Lipinski definition) is 2. The maximum Gasteiger partial charge on any atom is 0.255 e. The molecule has 0 aromatic heterocycles. The molecule has 2 atom stereocenters. The molecule has 2 N–H and O–H groups in total. The first-order valence-electron chi connectivity index (χ1n) is 11.4. The lowest BCUT2D eigenvalue weighted by Crippen LogP contribution is -2.18. The van der Waals surface area contributed by atoms with E-state index in [1.165, 1.54) is 5.57 Å². The second-order valence-electron chi connectivity index (χ2n) is 9.09. The Hall–Kier alpha value is -3.28. The van der Waals surface area contributed by atoms with Gasteiger partial charge in [-0.3, -0.25) is 9.59 Å². The number of anilines is 2. The molecule has 2 aromatic carbocycles. The van der Waals surface area contributed by atoms with Crippen molar-refractivity contribution in [3.05, 3.63) is 59.7 Å². The fourth-order valence-electron chi connectivity index (χ4n) is 4.15. The minimum absolute atomic E-state index is 0.0491. The summed E-state index contributed by atoms with van der Waals surface area (Å²) >= 11 is 0. The van der Waals surface area contributed by atoms with Crippen LogP contribution in [-0.2, 0) is 4.79 Å². The number of benzene rings is 2. The Bertz CT molecular complexity index is 1040. The van der Waals surface area contributed by atoms with Gasteiger partial charge in [0.1, 0.15) is 11.5 Å². The monoisotopic (exact) mass is 450 g/mol. The van der Waals surface area contributed by atoms with Crippen LogP contribution < -0.4 is 20.1 Å². The van der Waals surface area contributed by atoms with Crippen LogP contribution in [0.3, 0.4) is 0 Å². The Balaban J connectivity index is 1.89. The highest BCUT2D eigenvalue weighted by Crippen LogP contribution is 2.59. The summed E-state index contributed by atoms with van der Waals surface area (Å²) in [7, 11) is 0. The summed E-state index contributed by atoms with van der Waals surface area (Å²) < 4.78 is 11.6. The van der Waals surface area contributed by atoms with Gasteiger partial charge in [-0.2, -0.15) is 0 Å². The molecule has 0 saturated heterocycles. The number of allylic oxidation sites excluding steroid dienone is 2. The molecule has 1 saturated carbocycles. The van der Waals surface area contributed by atoms with Gasteiger partial charge in [-0.15, -0.1) is 0 Å². The van der Waals surface area contributed by atoms with E-state index in [0.717, 1.165) is 0 Å². The van der Waals surface area contributed by atoms with Crippen LogP contribution in [0.2, 0.25) is 0 Å². The van der Waals surface area contributed by atoms with Crippen molar-refractivity contribution >= 4 is 23.2 Å². The number of carbonyl (C=O) groups is 2.